The minimum absolute atomic E-state index is 0.00476. The van der Waals surface area contributed by atoms with Crippen molar-refractivity contribution in [1.29, 1.82) is 0 Å². The van der Waals surface area contributed by atoms with E-state index in [0.717, 1.165) is 22.0 Å². The number of piperidine rings is 1. The van der Waals surface area contributed by atoms with Crippen LogP contribution in [0, 0.1) is 6.92 Å². The fourth-order valence-corrected chi connectivity index (χ4v) is 9.40. The third kappa shape index (κ3) is 7.49. The molecule has 1 saturated heterocycles. The van der Waals surface area contributed by atoms with Crippen molar-refractivity contribution in [2.24, 2.45) is 4.99 Å². The van der Waals surface area contributed by atoms with Gasteiger partial charge in [-0.2, -0.15) is 5.06 Å². The van der Waals surface area contributed by atoms with Gasteiger partial charge in [0.1, 0.15) is 18.5 Å². The van der Waals surface area contributed by atoms with Gasteiger partial charge in [-0.1, -0.05) is 42.8 Å². The van der Waals surface area contributed by atoms with Crippen molar-refractivity contribution in [3.63, 3.8) is 0 Å². The van der Waals surface area contributed by atoms with E-state index in [0.29, 0.717) is 24.2 Å². The molecule has 1 fully saturated rings. The number of hydroxylamine groups is 2. The van der Waals surface area contributed by atoms with E-state index in [1.165, 1.54) is 24.1 Å². The predicted molar refractivity (Wildman–Crippen MR) is 212 cm³/mol. The van der Waals surface area contributed by atoms with Crippen molar-refractivity contribution in [3.8, 4) is 11.4 Å². The number of pyridine rings is 2. The molecule has 14 nitrogen and oxygen atoms in total. The van der Waals surface area contributed by atoms with Gasteiger partial charge in [-0.05, 0) is 91.1 Å². The van der Waals surface area contributed by atoms with Crippen molar-refractivity contribution >= 4 is 38.7 Å². The van der Waals surface area contributed by atoms with Gasteiger partial charge >= 0.3 is 11.9 Å². The van der Waals surface area contributed by atoms with E-state index >= 15 is 0 Å². The van der Waals surface area contributed by atoms with Crippen LogP contribution in [0.3, 0.4) is 0 Å². The van der Waals surface area contributed by atoms with Gasteiger partial charge in [0.15, 0.2) is 0 Å². The Balaban J connectivity index is 1.18. The maximum Gasteiger partial charge on any atom is 0.355 e. The fraction of sp³-hybridized carbons (Fsp3) is 0.452. The highest BCUT2D eigenvalue weighted by atomic mass is 32.2. The van der Waals surface area contributed by atoms with Crippen LogP contribution < -0.4 is 10.3 Å². The lowest BCUT2D eigenvalue weighted by molar-refractivity contribution is -0.261. The SMILES string of the molecule is CC[C@@]1(OC(=O)[C@@H](C)N=C(CCOC2CC(C)(C)N(O)C(C)(C)C2)NS(=O)(=O)c2ccc(C)cc2)C(=O)OCc2c1cc1n(c2=O)Cc2cc3ccccc3nc2-1. The monoisotopic (exact) mass is 799 g/mol. The van der Waals surface area contributed by atoms with Crippen molar-refractivity contribution in [2.45, 2.75) is 121 Å². The summed E-state index contributed by atoms with van der Waals surface area (Å²) in [5.41, 5.74) is 0.502. The van der Waals surface area contributed by atoms with Crippen molar-refractivity contribution in [1.82, 2.24) is 19.3 Å². The maximum atomic E-state index is 14.0. The number of cyclic esters (lactones) is 1. The lowest BCUT2D eigenvalue weighted by Crippen LogP contribution is -2.60. The highest BCUT2D eigenvalue weighted by Gasteiger charge is 2.51. The van der Waals surface area contributed by atoms with E-state index in [2.05, 4.69) is 9.71 Å². The van der Waals surface area contributed by atoms with E-state index in [9.17, 15) is 28.0 Å². The molecule has 3 aliphatic rings. The second kappa shape index (κ2) is 14.8. The molecular weight excluding hydrogens is 751 g/mol. The molecule has 302 valence electrons. The number of hydrogen-bond donors (Lipinski definition) is 2. The Bertz CT molecular complexity index is 2440. The number of hydrogen-bond acceptors (Lipinski definition) is 12. The van der Waals surface area contributed by atoms with Gasteiger partial charge in [-0.25, -0.2) is 23.0 Å². The number of carbonyl (C=O) groups excluding carboxylic acids is 2. The number of carbonyl (C=O) groups is 2. The lowest BCUT2D eigenvalue weighted by atomic mass is 9.80. The molecule has 3 aliphatic heterocycles. The van der Waals surface area contributed by atoms with E-state index < -0.39 is 44.7 Å². The second-order valence-electron chi connectivity index (χ2n) is 16.4. The summed E-state index contributed by atoms with van der Waals surface area (Å²) in [6.45, 7) is 12.7. The van der Waals surface area contributed by atoms with Crippen molar-refractivity contribution < 1.29 is 37.4 Å². The summed E-state index contributed by atoms with van der Waals surface area (Å²) in [6, 6.07) is 16.3. The van der Waals surface area contributed by atoms with Gasteiger partial charge in [0.05, 0.1) is 46.6 Å². The molecule has 2 aromatic heterocycles. The summed E-state index contributed by atoms with van der Waals surface area (Å²) in [5.74, 6) is -1.82. The molecule has 2 N–H and O–H groups in total. The van der Waals surface area contributed by atoms with Crippen LogP contribution in [0.5, 0.6) is 0 Å². The molecule has 0 radical (unpaired) electrons. The molecule has 2 atom stereocenters. The number of benzene rings is 2. The van der Waals surface area contributed by atoms with Crippen LogP contribution >= 0.6 is 0 Å². The van der Waals surface area contributed by atoms with Gasteiger partial charge < -0.3 is 24.0 Å². The molecule has 7 rings (SSSR count). The number of aryl methyl sites for hydroxylation is 1. The third-order valence-electron chi connectivity index (χ3n) is 11.2. The molecule has 4 aromatic rings. The molecule has 0 saturated carbocycles. The summed E-state index contributed by atoms with van der Waals surface area (Å²) < 4.78 is 49.1. The summed E-state index contributed by atoms with van der Waals surface area (Å²) in [4.78, 5) is 51.1. The first-order chi connectivity index (χ1) is 26.8. The average Bonchev–Trinajstić information content (AvgIpc) is 3.51. The smallest absolute Gasteiger partial charge is 0.355 e. The number of sulfonamides is 1. The number of nitrogens with zero attached hydrogens (tertiary/aromatic N) is 4. The summed E-state index contributed by atoms with van der Waals surface area (Å²) in [6.07, 6.45) is 0.736. The number of aromatic nitrogens is 2. The van der Waals surface area contributed by atoms with Crippen LogP contribution in [0.25, 0.3) is 22.3 Å². The zero-order valence-corrected chi connectivity index (χ0v) is 34.1. The molecular formula is C42H49N5O9S. The molecule has 0 amide bonds. The van der Waals surface area contributed by atoms with E-state index in [-0.39, 0.29) is 66.1 Å². The fourth-order valence-electron chi connectivity index (χ4n) is 8.32. The Hall–Kier alpha value is -4.96. The second-order valence-corrected chi connectivity index (χ2v) is 18.1. The zero-order chi connectivity index (χ0) is 41.1. The van der Waals surface area contributed by atoms with Gasteiger partial charge in [0.25, 0.3) is 15.6 Å². The van der Waals surface area contributed by atoms with E-state index in [4.69, 9.17) is 19.2 Å². The van der Waals surface area contributed by atoms with E-state index in [1.54, 1.807) is 29.7 Å². The first-order valence-electron chi connectivity index (χ1n) is 19.2. The largest absolute Gasteiger partial charge is 0.457 e. The molecule has 2 aromatic carbocycles. The molecule has 0 spiro atoms. The number of para-hydroxylation sites is 1. The molecule has 57 heavy (non-hydrogen) atoms. The van der Waals surface area contributed by atoms with Crippen LogP contribution in [0.1, 0.15) is 89.5 Å². The zero-order valence-electron chi connectivity index (χ0n) is 33.3. The minimum atomic E-state index is -4.13. The molecule has 15 heteroatoms. The Morgan fingerprint density at radius 3 is 2.44 bits per heavy atom. The highest BCUT2D eigenvalue weighted by molar-refractivity contribution is 7.90. The Labute approximate surface area is 331 Å². The van der Waals surface area contributed by atoms with Crippen LogP contribution in [0.4, 0.5) is 0 Å². The summed E-state index contributed by atoms with van der Waals surface area (Å²) in [7, 11) is -4.13. The quantitative estimate of drug-likeness (QED) is 0.103. The Morgan fingerprint density at radius 2 is 1.75 bits per heavy atom. The Kier molecular flexibility index (Phi) is 10.4. The summed E-state index contributed by atoms with van der Waals surface area (Å²) >= 11 is 0. The first kappa shape index (κ1) is 40.2. The first-order valence-corrected chi connectivity index (χ1v) is 20.7. The predicted octanol–water partition coefficient (Wildman–Crippen LogP) is 5.52. The number of nitrogens with one attached hydrogen (secondary N) is 1. The van der Waals surface area contributed by atoms with Crippen molar-refractivity contribution in [3.05, 3.63) is 93.3 Å². The lowest BCUT2D eigenvalue weighted by Gasteiger charge is -2.51. The maximum absolute atomic E-state index is 14.0. The molecule has 0 aliphatic carbocycles. The van der Waals surface area contributed by atoms with Crippen molar-refractivity contribution in [2.75, 3.05) is 6.61 Å². The van der Waals surface area contributed by atoms with Gasteiger partial charge in [-0.3, -0.25) is 14.5 Å². The normalized spacial score (nSPS) is 21.0. The van der Waals surface area contributed by atoms with Crippen LogP contribution in [0.15, 0.2) is 75.3 Å². The molecule has 0 unspecified atom stereocenters. The topological polar surface area (TPSA) is 179 Å². The van der Waals surface area contributed by atoms with Crippen LogP contribution in [-0.4, -0.2) is 75.8 Å². The highest BCUT2D eigenvalue weighted by Crippen LogP contribution is 2.42. The van der Waals surface area contributed by atoms with Gasteiger partial charge in [0, 0.05) is 34.0 Å². The van der Waals surface area contributed by atoms with Crippen LogP contribution in [0.2, 0.25) is 0 Å². The number of esters is 2. The van der Waals surface area contributed by atoms with Gasteiger partial charge in [-0.15, -0.1) is 0 Å². The standard InChI is InChI=1S/C42H49N5O9S/c1-8-42(32-20-34-36-28(19-27-11-9-10-12-33(27)44-36)23-46(34)37(48)31(32)24-55-39(42)50)56-38(49)26(3)43-35(45-57(52,53)30-15-13-25(2)14-16-30)17-18-54-29-21-40(4,5)47(51)41(6,7)22-29/h9-16,19-20,26,29,51H,8,17-18,21-24H2,1-7H3,(H,43,45)/t26-,42+/m1/s1. The van der Waals surface area contributed by atoms with E-state index in [1.807, 2.05) is 65.0 Å². The number of aliphatic imine (C=N–C) groups is 1. The van der Waals surface area contributed by atoms with Crippen LogP contribution in [-0.2, 0) is 52.6 Å². The Morgan fingerprint density at radius 1 is 1.07 bits per heavy atom. The number of ether oxygens (including phenoxy) is 3. The number of rotatable bonds is 10. The third-order valence-corrected chi connectivity index (χ3v) is 12.6. The average molecular weight is 800 g/mol. The minimum Gasteiger partial charge on any atom is -0.457 e. The molecule has 5 heterocycles. The number of fused-ring (bicyclic) bond motifs is 5. The number of amidine groups is 1. The molecule has 0 bridgehead atoms. The summed E-state index contributed by atoms with van der Waals surface area (Å²) in [5, 5.41) is 13.0. The van der Waals surface area contributed by atoms with Gasteiger partial charge in [0.2, 0.25) is 5.60 Å².